The Morgan fingerprint density at radius 3 is 2.58 bits per heavy atom. The van der Waals surface area contributed by atoms with Crippen LogP contribution < -0.4 is 10.6 Å². The fourth-order valence-electron chi connectivity index (χ4n) is 2.62. The fourth-order valence-corrected chi connectivity index (χ4v) is 2.62. The average molecular weight is 259 g/mol. The smallest absolute Gasteiger partial charge is 0.253 e. The highest BCUT2D eigenvalue weighted by molar-refractivity contribution is 5.95. The SMILES string of the molecule is O=C(NC1CC1)c1cncc(NC2CCCCC2)c1. The topological polar surface area (TPSA) is 54.0 Å². The molecule has 0 spiro atoms. The molecule has 2 aliphatic carbocycles. The molecule has 2 saturated carbocycles. The van der Waals surface area contributed by atoms with Crippen LogP contribution in [0, 0.1) is 0 Å². The molecule has 4 heteroatoms. The molecule has 0 saturated heterocycles. The molecule has 0 unspecified atom stereocenters. The van der Waals surface area contributed by atoms with Crippen molar-refractivity contribution in [2.24, 2.45) is 0 Å². The zero-order valence-corrected chi connectivity index (χ0v) is 11.2. The number of carbonyl (C=O) groups is 1. The van der Waals surface area contributed by atoms with Crippen LogP contribution in [-0.4, -0.2) is 23.0 Å². The van der Waals surface area contributed by atoms with E-state index in [0.29, 0.717) is 17.6 Å². The maximum atomic E-state index is 12.0. The second-order valence-corrected chi connectivity index (χ2v) is 5.69. The van der Waals surface area contributed by atoms with Crippen molar-refractivity contribution in [2.45, 2.75) is 57.0 Å². The Hall–Kier alpha value is -1.58. The molecular formula is C15H21N3O. The van der Waals surface area contributed by atoms with Crippen molar-refractivity contribution in [3.8, 4) is 0 Å². The van der Waals surface area contributed by atoms with E-state index in [2.05, 4.69) is 15.6 Å². The summed E-state index contributed by atoms with van der Waals surface area (Å²) in [6.07, 6.45) is 12.1. The van der Waals surface area contributed by atoms with Gasteiger partial charge in [0, 0.05) is 24.5 Å². The predicted octanol–water partition coefficient (Wildman–Crippen LogP) is 2.72. The molecule has 0 aromatic carbocycles. The Kier molecular flexibility index (Phi) is 3.67. The first-order valence-corrected chi connectivity index (χ1v) is 7.34. The van der Waals surface area contributed by atoms with Crippen LogP contribution >= 0.6 is 0 Å². The third-order valence-electron chi connectivity index (χ3n) is 3.89. The highest BCUT2D eigenvalue weighted by atomic mass is 16.1. The van der Waals surface area contributed by atoms with E-state index in [1.807, 2.05) is 12.3 Å². The zero-order valence-electron chi connectivity index (χ0n) is 11.2. The number of pyridine rings is 1. The molecule has 0 radical (unpaired) electrons. The molecular weight excluding hydrogens is 238 g/mol. The van der Waals surface area contributed by atoms with Crippen LogP contribution in [0.2, 0.25) is 0 Å². The maximum Gasteiger partial charge on any atom is 0.253 e. The van der Waals surface area contributed by atoms with Gasteiger partial charge in [-0.15, -0.1) is 0 Å². The van der Waals surface area contributed by atoms with E-state index in [0.717, 1.165) is 18.5 Å². The summed E-state index contributed by atoms with van der Waals surface area (Å²) in [5.41, 5.74) is 1.63. The quantitative estimate of drug-likeness (QED) is 0.874. The number of carbonyl (C=O) groups excluding carboxylic acids is 1. The lowest BCUT2D eigenvalue weighted by atomic mass is 9.95. The zero-order chi connectivity index (χ0) is 13.1. The van der Waals surface area contributed by atoms with Gasteiger partial charge < -0.3 is 10.6 Å². The number of rotatable bonds is 4. The van der Waals surface area contributed by atoms with Crippen molar-refractivity contribution in [1.29, 1.82) is 0 Å². The van der Waals surface area contributed by atoms with Gasteiger partial charge in [0.05, 0.1) is 11.3 Å². The Labute approximate surface area is 114 Å². The normalized spacial score (nSPS) is 20.0. The Morgan fingerprint density at radius 2 is 1.84 bits per heavy atom. The molecule has 0 bridgehead atoms. The van der Waals surface area contributed by atoms with E-state index < -0.39 is 0 Å². The van der Waals surface area contributed by atoms with E-state index in [1.165, 1.54) is 32.1 Å². The van der Waals surface area contributed by atoms with Gasteiger partial charge in [-0.2, -0.15) is 0 Å². The lowest BCUT2D eigenvalue weighted by Crippen LogP contribution is -2.26. The van der Waals surface area contributed by atoms with Crippen molar-refractivity contribution >= 4 is 11.6 Å². The lowest BCUT2D eigenvalue weighted by Gasteiger charge is -2.23. The standard InChI is InChI=1S/C15H21N3O/c19-15(18-13-6-7-13)11-8-14(10-16-9-11)17-12-4-2-1-3-5-12/h8-10,12-13,17H,1-7H2,(H,18,19). The van der Waals surface area contributed by atoms with Crippen molar-refractivity contribution in [2.75, 3.05) is 5.32 Å². The Balaban J connectivity index is 1.62. The van der Waals surface area contributed by atoms with Crippen molar-refractivity contribution < 1.29 is 4.79 Å². The minimum atomic E-state index is 0.00212. The first-order valence-electron chi connectivity index (χ1n) is 7.34. The Morgan fingerprint density at radius 1 is 1.05 bits per heavy atom. The number of amides is 1. The van der Waals surface area contributed by atoms with Crippen LogP contribution in [0.3, 0.4) is 0 Å². The number of aromatic nitrogens is 1. The van der Waals surface area contributed by atoms with E-state index in [4.69, 9.17) is 0 Å². The molecule has 2 N–H and O–H groups in total. The van der Waals surface area contributed by atoms with Gasteiger partial charge in [0.25, 0.3) is 5.91 Å². The second kappa shape index (κ2) is 5.59. The summed E-state index contributed by atoms with van der Waals surface area (Å²) in [5, 5.41) is 6.50. The minimum absolute atomic E-state index is 0.00212. The summed E-state index contributed by atoms with van der Waals surface area (Å²) in [5.74, 6) is 0.00212. The molecule has 3 rings (SSSR count). The number of nitrogens with one attached hydrogen (secondary N) is 2. The summed E-state index contributed by atoms with van der Waals surface area (Å²) in [4.78, 5) is 16.1. The highest BCUT2D eigenvalue weighted by Gasteiger charge is 2.24. The van der Waals surface area contributed by atoms with Crippen LogP contribution in [-0.2, 0) is 0 Å². The Bertz CT molecular complexity index is 450. The molecule has 19 heavy (non-hydrogen) atoms. The van der Waals surface area contributed by atoms with Gasteiger partial charge in [0.1, 0.15) is 0 Å². The fraction of sp³-hybridized carbons (Fsp3) is 0.600. The van der Waals surface area contributed by atoms with Crippen LogP contribution in [0.15, 0.2) is 18.5 Å². The molecule has 1 aromatic heterocycles. The molecule has 1 aromatic rings. The molecule has 0 aliphatic heterocycles. The lowest BCUT2D eigenvalue weighted by molar-refractivity contribution is 0.0950. The number of hydrogen-bond donors (Lipinski definition) is 2. The van der Waals surface area contributed by atoms with Crippen LogP contribution in [0.5, 0.6) is 0 Å². The first kappa shape index (κ1) is 12.5. The summed E-state index contributed by atoms with van der Waals surface area (Å²) >= 11 is 0. The first-order chi connectivity index (χ1) is 9.31. The van der Waals surface area contributed by atoms with Crippen molar-refractivity contribution in [3.63, 3.8) is 0 Å². The molecule has 102 valence electrons. The third kappa shape index (κ3) is 3.46. The number of anilines is 1. The van der Waals surface area contributed by atoms with Gasteiger partial charge in [-0.25, -0.2) is 0 Å². The van der Waals surface area contributed by atoms with Crippen LogP contribution in [0.4, 0.5) is 5.69 Å². The summed E-state index contributed by atoms with van der Waals surface area (Å²) in [7, 11) is 0. The van der Waals surface area contributed by atoms with Crippen molar-refractivity contribution in [1.82, 2.24) is 10.3 Å². The largest absolute Gasteiger partial charge is 0.381 e. The van der Waals surface area contributed by atoms with Crippen LogP contribution in [0.25, 0.3) is 0 Å². The number of hydrogen-bond acceptors (Lipinski definition) is 3. The maximum absolute atomic E-state index is 12.0. The van der Waals surface area contributed by atoms with Crippen LogP contribution in [0.1, 0.15) is 55.3 Å². The van der Waals surface area contributed by atoms with Gasteiger partial charge in [-0.3, -0.25) is 9.78 Å². The predicted molar refractivity (Wildman–Crippen MR) is 75.2 cm³/mol. The van der Waals surface area contributed by atoms with E-state index in [1.54, 1.807) is 6.20 Å². The van der Waals surface area contributed by atoms with E-state index in [9.17, 15) is 4.79 Å². The van der Waals surface area contributed by atoms with Gasteiger partial charge in [-0.05, 0) is 31.7 Å². The number of nitrogens with zero attached hydrogens (tertiary/aromatic N) is 1. The minimum Gasteiger partial charge on any atom is -0.381 e. The van der Waals surface area contributed by atoms with Gasteiger partial charge in [0.15, 0.2) is 0 Å². The van der Waals surface area contributed by atoms with Crippen molar-refractivity contribution in [3.05, 3.63) is 24.0 Å². The van der Waals surface area contributed by atoms with Gasteiger partial charge >= 0.3 is 0 Å². The van der Waals surface area contributed by atoms with E-state index >= 15 is 0 Å². The molecule has 0 atom stereocenters. The summed E-state index contributed by atoms with van der Waals surface area (Å²) < 4.78 is 0. The van der Waals surface area contributed by atoms with E-state index in [-0.39, 0.29) is 5.91 Å². The monoisotopic (exact) mass is 259 g/mol. The summed E-state index contributed by atoms with van der Waals surface area (Å²) in [6, 6.07) is 2.85. The molecule has 1 amide bonds. The van der Waals surface area contributed by atoms with Gasteiger partial charge in [-0.1, -0.05) is 19.3 Å². The second-order valence-electron chi connectivity index (χ2n) is 5.69. The molecule has 2 fully saturated rings. The highest BCUT2D eigenvalue weighted by Crippen LogP contribution is 2.22. The average Bonchev–Trinajstić information content (AvgIpc) is 3.24. The third-order valence-corrected chi connectivity index (χ3v) is 3.89. The molecule has 2 aliphatic rings. The van der Waals surface area contributed by atoms with Gasteiger partial charge in [0.2, 0.25) is 0 Å². The molecule has 1 heterocycles. The summed E-state index contributed by atoms with van der Waals surface area (Å²) in [6.45, 7) is 0. The molecule has 4 nitrogen and oxygen atoms in total.